The Labute approximate surface area is 144 Å². The van der Waals surface area contributed by atoms with E-state index >= 15 is 0 Å². The Bertz CT molecular complexity index is 600. The van der Waals surface area contributed by atoms with E-state index in [-0.39, 0.29) is 5.97 Å². The number of aryl methyl sites for hydroxylation is 2. The fourth-order valence-corrected chi connectivity index (χ4v) is 3.54. The van der Waals surface area contributed by atoms with Crippen molar-refractivity contribution in [2.24, 2.45) is 5.92 Å². The molecule has 5 nitrogen and oxygen atoms in total. The molecule has 1 saturated heterocycles. The molecule has 0 spiro atoms. The summed E-state index contributed by atoms with van der Waals surface area (Å²) in [6, 6.07) is 4.43. The molecule has 1 aromatic heterocycles. The fraction of sp³-hybridized carbons (Fsp3) is 0.579. The number of methoxy groups -OCH3 is 1. The molecule has 1 fully saturated rings. The van der Waals surface area contributed by atoms with Gasteiger partial charge in [0.2, 0.25) is 0 Å². The van der Waals surface area contributed by atoms with Crippen molar-refractivity contribution in [3.63, 3.8) is 0 Å². The van der Waals surface area contributed by atoms with Crippen molar-refractivity contribution in [3.8, 4) is 0 Å². The summed E-state index contributed by atoms with van der Waals surface area (Å²) in [6.45, 7) is 4.08. The molecule has 1 atom stereocenters. The molecule has 1 N–H and O–H groups in total. The van der Waals surface area contributed by atoms with Crippen LogP contribution in [0.2, 0.25) is 0 Å². The number of esters is 1. The van der Waals surface area contributed by atoms with Crippen LogP contribution in [0.25, 0.3) is 0 Å². The number of hydrogen-bond acceptors (Lipinski definition) is 5. The zero-order valence-corrected chi connectivity index (χ0v) is 14.5. The van der Waals surface area contributed by atoms with Crippen LogP contribution in [0, 0.1) is 5.92 Å². The van der Waals surface area contributed by atoms with E-state index < -0.39 is 0 Å². The second kappa shape index (κ2) is 8.29. The van der Waals surface area contributed by atoms with E-state index in [9.17, 15) is 4.79 Å². The first kappa shape index (κ1) is 17.0. The highest BCUT2D eigenvalue weighted by Gasteiger charge is 2.21. The fourth-order valence-electron chi connectivity index (χ4n) is 3.54. The molecule has 0 aliphatic carbocycles. The van der Waals surface area contributed by atoms with Crippen LogP contribution in [-0.4, -0.2) is 49.1 Å². The topological polar surface area (TPSA) is 54.5 Å². The lowest BCUT2D eigenvalue weighted by molar-refractivity contribution is -0.134. The van der Waals surface area contributed by atoms with Crippen LogP contribution in [0.5, 0.6) is 0 Å². The molecule has 0 bridgehead atoms. The predicted molar refractivity (Wildman–Crippen MR) is 95.1 cm³/mol. The highest BCUT2D eigenvalue weighted by molar-refractivity contribution is 5.81. The number of nitrogens with zero attached hydrogens (tertiary/aromatic N) is 2. The van der Waals surface area contributed by atoms with Gasteiger partial charge in [-0.1, -0.05) is 12.1 Å². The average molecular weight is 329 g/mol. The van der Waals surface area contributed by atoms with E-state index in [1.807, 2.05) is 6.08 Å². The maximum Gasteiger partial charge on any atom is 0.330 e. The van der Waals surface area contributed by atoms with E-state index in [4.69, 9.17) is 4.98 Å². The molecule has 3 heterocycles. The predicted octanol–water partition coefficient (Wildman–Crippen LogP) is 2.42. The van der Waals surface area contributed by atoms with Gasteiger partial charge >= 0.3 is 5.97 Å². The second-order valence-electron chi connectivity index (χ2n) is 6.72. The minimum Gasteiger partial charge on any atom is -0.466 e. The first-order valence-electron chi connectivity index (χ1n) is 8.94. The van der Waals surface area contributed by atoms with Crippen molar-refractivity contribution in [2.75, 3.05) is 38.6 Å². The van der Waals surface area contributed by atoms with Gasteiger partial charge in [-0.2, -0.15) is 0 Å². The molecule has 2 aliphatic heterocycles. The number of carbonyl (C=O) groups is 1. The number of pyridine rings is 1. The number of hydrogen-bond donors (Lipinski definition) is 1. The lowest BCUT2D eigenvalue weighted by Gasteiger charge is -2.18. The van der Waals surface area contributed by atoms with Gasteiger partial charge in [0.15, 0.2) is 0 Å². The van der Waals surface area contributed by atoms with Gasteiger partial charge in [0, 0.05) is 31.4 Å². The lowest BCUT2D eigenvalue weighted by atomic mass is 10.00. The molecule has 0 aromatic carbocycles. The molecule has 0 radical (unpaired) electrons. The maximum atomic E-state index is 11.1. The quantitative estimate of drug-likeness (QED) is 0.642. The zero-order valence-electron chi connectivity index (χ0n) is 14.5. The third-order valence-corrected chi connectivity index (χ3v) is 4.95. The number of nitrogens with one attached hydrogen (secondary N) is 1. The minimum atomic E-state index is -0.280. The van der Waals surface area contributed by atoms with E-state index in [0.29, 0.717) is 0 Å². The number of aromatic nitrogens is 1. The Kier molecular flexibility index (Phi) is 5.86. The smallest absolute Gasteiger partial charge is 0.330 e. The standard InChI is InChI=1S/C19H27N3O2/c1-24-18(23)5-3-12-22-13-10-15(14-22)6-8-17-9-7-16-4-2-11-20-19(16)21-17/h3,5,7,9,15H,2,4,6,8,10-14H2,1H3,(H,20,21). The summed E-state index contributed by atoms with van der Waals surface area (Å²) in [6.07, 6.45) is 9.22. The number of likely N-dealkylation sites (tertiary alicyclic amines) is 1. The molecule has 2 aliphatic rings. The molecular formula is C19H27N3O2. The Morgan fingerprint density at radius 1 is 1.50 bits per heavy atom. The molecular weight excluding hydrogens is 302 g/mol. The van der Waals surface area contributed by atoms with E-state index in [1.165, 1.54) is 43.7 Å². The van der Waals surface area contributed by atoms with E-state index in [2.05, 4.69) is 27.1 Å². The van der Waals surface area contributed by atoms with Crippen LogP contribution < -0.4 is 5.32 Å². The highest BCUT2D eigenvalue weighted by atomic mass is 16.5. The minimum absolute atomic E-state index is 0.280. The van der Waals surface area contributed by atoms with Crippen LogP contribution in [-0.2, 0) is 22.4 Å². The number of carbonyl (C=O) groups excluding carboxylic acids is 1. The lowest BCUT2D eigenvalue weighted by Crippen LogP contribution is -2.21. The number of anilines is 1. The van der Waals surface area contributed by atoms with Gasteiger partial charge in [-0.3, -0.25) is 4.90 Å². The summed E-state index contributed by atoms with van der Waals surface area (Å²) < 4.78 is 4.61. The van der Waals surface area contributed by atoms with Crippen molar-refractivity contribution < 1.29 is 9.53 Å². The third-order valence-electron chi connectivity index (χ3n) is 4.95. The van der Waals surface area contributed by atoms with Crippen LogP contribution >= 0.6 is 0 Å². The summed E-state index contributed by atoms with van der Waals surface area (Å²) in [4.78, 5) is 18.3. The van der Waals surface area contributed by atoms with Crippen molar-refractivity contribution in [1.82, 2.24) is 9.88 Å². The summed E-state index contributed by atoms with van der Waals surface area (Å²) in [5, 5.41) is 3.41. The second-order valence-corrected chi connectivity index (χ2v) is 6.72. The summed E-state index contributed by atoms with van der Waals surface area (Å²) in [5.41, 5.74) is 2.56. The largest absolute Gasteiger partial charge is 0.466 e. The Morgan fingerprint density at radius 3 is 3.29 bits per heavy atom. The highest BCUT2D eigenvalue weighted by Crippen LogP contribution is 2.23. The van der Waals surface area contributed by atoms with Crippen molar-refractivity contribution in [2.45, 2.75) is 32.1 Å². The van der Waals surface area contributed by atoms with Crippen molar-refractivity contribution >= 4 is 11.8 Å². The van der Waals surface area contributed by atoms with Crippen LogP contribution in [0.15, 0.2) is 24.3 Å². The Hall–Kier alpha value is -1.88. The molecule has 0 amide bonds. The first-order chi connectivity index (χ1) is 11.7. The molecule has 0 saturated carbocycles. The molecule has 24 heavy (non-hydrogen) atoms. The molecule has 5 heteroatoms. The van der Waals surface area contributed by atoms with Gasteiger partial charge < -0.3 is 10.1 Å². The SMILES string of the molecule is COC(=O)C=CCN1CCC(CCc2ccc3c(n2)NCCC3)C1. The zero-order chi connectivity index (χ0) is 16.8. The van der Waals surface area contributed by atoms with E-state index in [1.54, 1.807) is 0 Å². The Morgan fingerprint density at radius 2 is 2.42 bits per heavy atom. The number of fused-ring (bicyclic) bond motifs is 1. The van der Waals surface area contributed by atoms with Crippen LogP contribution in [0.4, 0.5) is 5.82 Å². The van der Waals surface area contributed by atoms with Gasteiger partial charge in [-0.05, 0) is 56.2 Å². The monoisotopic (exact) mass is 329 g/mol. The third kappa shape index (κ3) is 4.57. The van der Waals surface area contributed by atoms with Gasteiger partial charge in [-0.25, -0.2) is 9.78 Å². The molecule has 130 valence electrons. The van der Waals surface area contributed by atoms with Gasteiger partial charge in [0.05, 0.1) is 7.11 Å². The van der Waals surface area contributed by atoms with Gasteiger partial charge in [0.25, 0.3) is 0 Å². The number of ether oxygens (including phenoxy) is 1. The normalized spacial score (nSPS) is 20.8. The van der Waals surface area contributed by atoms with E-state index in [0.717, 1.165) is 50.8 Å². The summed E-state index contributed by atoms with van der Waals surface area (Å²) in [5.74, 6) is 1.54. The molecule has 3 rings (SSSR count). The molecule has 1 unspecified atom stereocenters. The maximum absolute atomic E-state index is 11.1. The van der Waals surface area contributed by atoms with Gasteiger partial charge in [-0.15, -0.1) is 0 Å². The van der Waals surface area contributed by atoms with Crippen LogP contribution in [0.1, 0.15) is 30.5 Å². The van der Waals surface area contributed by atoms with Crippen molar-refractivity contribution in [1.29, 1.82) is 0 Å². The first-order valence-corrected chi connectivity index (χ1v) is 8.94. The van der Waals surface area contributed by atoms with Gasteiger partial charge in [0.1, 0.15) is 5.82 Å². The summed E-state index contributed by atoms with van der Waals surface area (Å²) in [7, 11) is 1.41. The molecule has 1 aromatic rings. The number of rotatable bonds is 6. The van der Waals surface area contributed by atoms with Crippen LogP contribution in [0.3, 0.4) is 0 Å². The van der Waals surface area contributed by atoms with Crippen molar-refractivity contribution in [3.05, 3.63) is 35.5 Å². The Balaban J connectivity index is 1.43. The summed E-state index contributed by atoms with van der Waals surface area (Å²) >= 11 is 0. The average Bonchev–Trinajstić information content (AvgIpc) is 3.07.